The van der Waals surface area contributed by atoms with E-state index in [0.717, 1.165) is 32.1 Å². The number of carbonyl (C=O) groups is 1. The van der Waals surface area contributed by atoms with Crippen LogP contribution >= 0.6 is 0 Å². The fourth-order valence-corrected chi connectivity index (χ4v) is 6.15. The summed E-state index contributed by atoms with van der Waals surface area (Å²) in [4.78, 5) is 29.1. The topological polar surface area (TPSA) is 121 Å². The molecule has 7 rings (SSSR count). The molecule has 1 aliphatic heterocycles. The number of nitrogens with zero attached hydrogens (tertiary/aromatic N) is 5. The van der Waals surface area contributed by atoms with Crippen molar-refractivity contribution in [2.75, 3.05) is 38.7 Å². The van der Waals surface area contributed by atoms with Gasteiger partial charge in [0.25, 0.3) is 5.91 Å². The van der Waals surface area contributed by atoms with E-state index in [9.17, 15) is 14.0 Å². The number of benzene rings is 4. The minimum atomic E-state index is -0.898. The van der Waals surface area contributed by atoms with Gasteiger partial charge in [-0.3, -0.25) is 9.59 Å². The molecule has 6 aromatic rings. The lowest BCUT2D eigenvalue weighted by atomic mass is 10.1. The number of rotatable bonds is 11. The van der Waals surface area contributed by atoms with Gasteiger partial charge >= 0.3 is 0 Å². The highest BCUT2D eigenvalue weighted by molar-refractivity contribution is 6.04. The van der Waals surface area contributed by atoms with Crippen LogP contribution in [-0.4, -0.2) is 64.1 Å². The van der Waals surface area contributed by atoms with Crippen LogP contribution in [-0.2, 0) is 0 Å². The number of methoxy groups -OCH3 is 1. The fourth-order valence-electron chi connectivity index (χ4n) is 6.15. The van der Waals surface area contributed by atoms with Crippen LogP contribution in [0.2, 0.25) is 0 Å². The van der Waals surface area contributed by atoms with Gasteiger partial charge in [0.15, 0.2) is 34.5 Å². The molecular formula is C38H34F2N6O5. The van der Waals surface area contributed by atoms with Gasteiger partial charge in [-0.2, -0.15) is 15.3 Å². The molecule has 260 valence electrons. The molecule has 11 nitrogen and oxygen atoms in total. The number of piperidine rings is 1. The van der Waals surface area contributed by atoms with E-state index in [2.05, 4.69) is 25.5 Å². The van der Waals surface area contributed by atoms with Crippen molar-refractivity contribution in [1.82, 2.24) is 24.9 Å². The lowest BCUT2D eigenvalue weighted by molar-refractivity contribution is 0.102. The maximum atomic E-state index is 15.4. The molecule has 1 fully saturated rings. The second kappa shape index (κ2) is 14.9. The minimum Gasteiger partial charge on any atom is -0.493 e. The number of nitrogens with one attached hydrogen (secondary N) is 1. The van der Waals surface area contributed by atoms with Gasteiger partial charge in [0.1, 0.15) is 17.0 Å². The van der Waals surface area contributed by atoms with Gasteiger partial charge in [-0.25, -0.2) is 13.5 Å². The molecule has 0 unspecified atom stereocenters. The third kappa shape index (κ3) is 7.19. The highest BCUT2D eigenvalue weighted by atomic mass is 19.1. The molecule has 13 heteroatoms. The lowest BCUT2D eigenvalue weighted by Gasteiger charge is -2.26. The number of hydrogen-bond donors (Lipinski definition) is 1. The van der Waals surface area contributed by atoms with Crippen LogP contribution in [0.15, 0.2) is 89.9 Å². The fraction of sp³-hybridized carbons (Fsp3) is 0.237. The lowest BCUT2D eigenvalue weighted by Crippen LogP contribution is -2.31. The first kappa shape index (κ1) is 33.5. The number of para-hydroxylation sites is 2. The number of carbonyl (C=O) groups excluding carboxylic acids is 1. The second-order valence-electron chi connectivity index (χ2n) is 12.1. The highest BCUT2D eigenvalue weighted by Gasteiger charge is 2.21. The number of hydrogen-bond acceptors (Lipinski definition) is 9. The predicted octanol–water partition coefficient (Wildman–Crippen LogP) is 6.92. The SMILES string of the molecule is COc1cc2c(Oc3ccc(NC(=O)c4nn(-c5ccccc5F)c5ccccc5c4=O)cc3F)cnnc2cc1OCCCN1CCCCC1. The summed E-state index contributed by atoms with van der Waals surface area (Å²) in [5.41, 5.74) is -0.274. The van der Waals surface area contributed by atoms with E-state index < -0.39 is 28.7 Å². The molecule has 1 aliphatic rings. The van der Waals surface area contributed by atoms with Crippen molar-refractivity contribution in [3.8, 4) is 28.7 Å². The summed E-state index contributed by atoms with van der Waals surface area (Å²) < 4.78 is 49.0. The molecular weight excluding hydrogens is 658 g/mol. The average molecular weight is 693 g/mol. The molecule has 0 saturated carbocycles. The van der Waals surface area contributed by atoms with Crippen LogP contribution in [0.25, 0.3) is 27.5 Å². The molecule has 0 atom stereocenters. The second-order valence-corrected chi connectivity index (χ2v) is 12.1. The van der Waals surface area contributed by atoms with Gasteiger partial charge in [0.05, 0.1) is 36.2 Å². The summed E-state index contributed by atoms with van der Waals surface area (Å²) in [5.74, 6) is -1.23. The molecule has 0 bridgehead atoms. The molecule has 0 radical (unpaired) electrons. The molecule has 3 heterocycles. The van der Waals surface area contributed by atoms with Crippen molar-refractivity contribution in [2.24, 2.45) is 0 Å². The van der Waals surface area contributed by atoms with Crippen LogP contribution in [0.1, 0.15) is 36.2 Å². The largest absolute Gasteiger partial charge is 0.493 e. The number of ether oxygens (including phenoxy) is 3. The number of likely N-dealkylation sites (tertiary alicyclic amines) is 1. The summed E-state index contributed by atoms with van der Waals surface area (Å²) in [5, 5.41) is 15.7. The van der Waals surface area contributed by atoms with Crippen molar-refractivity contribution in [3.05, 3.63) is 113 Å². The zero-order chi connectivity index (χ0) is 35.3. The Hall–Kier alpha value is -5.95. The van der Waals surface area contributed by atoms with Crippen molar-refractivity contribution in [3.63, 3.8) is 0 Å². The summed E-state index contributed by atoms with van der Waals surface area (Å²) in [6.07, 6.45) is 6.00. The van der Waals surface area contributed by atoms with Crippen LogP contribution in [0, 0.1) is 11.6 Å². The Labute approximate surface area is 291 Å². The van der Waals surface area contributed by atoms with Crippen molar-refractivity contribution in [1.29, 1.82) is 0 Å². The van der Waals surface area contributed by atoms with Crippen molar-refractivity contribution < 1.29 is 27.8 Å². The first-order valence-corrected chi connectivity index (χ1v) is 16.6. The standard InChI is InChI=1S/C38H34F2N6O5/c1-49-33-21-26-29(22-34(33)50-19-9-18-45-16-7-2-8-17-45)43-41-23-35(26)51-32-15-14-24(20-28(32)40)42-38(48)36-37(47)25-10-3-5-12-30(25)46(44-36)31-13-6-4-11-27(31)39/h3-6,10-15,20-23H,2,7-9,16-19H2,1H3,(H,42,48). The molecule has 4 aromatic carbocycles. The van der Waals surface area contributed by atoms with E-state index in [4.69, 9.17) is 14.2 Å². The molecule has 0 spiro atoms. The van der Waals surface area contributed by atoms with Crippen LogP contribution in [0.5, 0.6) is 23.0 Å². The normalized spacial score (nSPS) is 13.3. The van der Waals surface area contributed by atoms with E-state index in [0.29, 0.717) is 34.5 Å². The van der Waals surface area contributed by atoms with Crippen molar-refractivity contribution in [2.45, 2.75) is 25.7 Å². The molecule has 1 N–H and O–H groups in total. The molecule has 2 aromatic heterocycles. The Bertz CT molecular complexity index is 2290. The van der Waals surface area contributed by atoms with E-state index in [-0.39, 0.29) is 28.3 Å². The van der Waals surface area contributed by atoms with Gasteiger partial charge in [0.2, 0.25) is 5.43 Å². The van der Waals surface area contributed by atoms with Gasteiger partial charge in [0, 0.05) is 24.4 Å². The summed E-state index contributed by atoms with van der Waals surface area (Å²) in [6.45, 7) is 3.73. The van der Waals surface area contributed by atoms with Gasteiger partial charge in [-0.15, -0.1) is 0 Å². The summed E-state index contributed by atoms with van der Waals surface area (Å²) >= 11 is 0. The maximum absolute atomic E-state index is 15.4. The highest BCUT2D eigenvalue weighted by Crippen LogP contribution is 2.37. The number of aromatic nitrogens is 4. The smallest absolute Gasteiger partial charge is 0.280 e. The predicted molar refractivity (Wildman–Crippen MR) is 188 cm³/mol. The van der Waals surface area contributed by atoms with E-state index in [1.807, 2.05) is 0 Å². The number of amides is 1. The Morgan fingerprint density at radius 3 is 2.47 bits per heavy atom. The minimum absolute atomic E-state index is 0.0399. The Morgan fingerprint density at radius 1 is 0.863 bits per heavy atom. The number of fused-ring (bicyclic) bond motifs is 2. The Kier molecular flexibility index (Phi) is 9.79. The van der Waals surface area contributed by atoms with Crippen LogP contribution in [0.3, 0.4) is 0 Å². The van der Waals surface area contributed by atoms with Gasteiger partial charge < -0.3 is 24.4 Å². The molecule has 0 aliphatic carbocycles. The number of anilines is 1. The first-order valence-electron chi connectivity index (χ1n) is 16.6. The van der Waals surface area contributed by atoms with Gasteiger partial charge in [-0.05, 0) is 74.8 Å². The number of halogens is 2. The first-order chi connectivity index (χ1) is 24.9. The molecule has 1 saturated heterocycles. The average Bonchev–Trinajstić information content (AvgIpc) is 3.15. The van der Waals surface area contributed by atoms with Crippen LogP contribution < -0.4 is 25.0 Å². The monoisotopic (exact) mass is 692 g/mol. The summed E-state index contributed by atoms with van der Waals surface area (Å²) in [6, 6.07) is 19.5. The zero-order valence-electron chi connectivity index (χ0n) is 27.8. The van der Waals surface area contributed by atoms with Crippen LogP contribution in [0.4, 0.5) is 14.5 Å². The zero-order valence-corrected chi connectivity index (χ0v) is 27.8. The quantitative estimate of drug-likeness (QED) is 0.144. The third-order valence-electron chi connectivity index (χ3n) is 8.71. The Balaban J connectivity index is 1.09. The summed E-state index contributed by atoms with van der Waals surface area (Å²) in [7, 11) is 1.53. The van der Waals surface area contributed by atoms with E-state index in [1.165, 1.54) is 73.6 Å². The third-order valence-corrected chi connectivity index (χ3v) is 8.71. The van der Waals surface area contributed by atoms with Gasteiger partial charge in [-0.1, -0.05) is 30.7 Å². The van der Waals surface area contributed by atoms with Crippen molar-refractivity contribution >= 4 is 33.4 Å². The Morgan fingerprint density at radius 2 is 1.67 bits per heavy atom. The van der Waals surface area contributed by atoms with E-state index >= 15 is 4.39 Å². The molecule has 1 amide bonds. The van der Waals surface area contributed by atoms with E-state index in [1.54, 1.807) is 36.4 Å². The molecule has 51 heavy (non-hydrogen) atoms. The maximum Gasteiger partial charge on any atom is 0.280 e.